The van der Waals surface area contributed by atoms with E-state index in [9.17, 15) is 0 Å². The third-order valence-electron chi connectivity index (χ3n) is 6.89. The number of unbranched alkanes of at least 4 members (excludes halogenated alkanes) is 14. The second-order valence-corrected chi connectivity index (χ2v) is 9.69. The molecule has 28 heavy (non-hydrogen) atoms. The molecule has 0 N–H and O–H groups in total. The quantitative estimate of drug-likeness (QED) is 0.151. The van der Waals surface area contributed by atoms with Crippen molar-refractivity contribution in [2.75, 3.05) is 0 Å². The molecule has 0 aromatic heterocycles. The molecule has 0 heteroatoms. The summed E-state index contributed by atoms with van der Waals surface area (Å²) < 4.78 is 0. The highest BCUT2D eigenvalue weighted by atomic mass is 14.2. The lowest BCUT2D eigenvalue weighted by atomic mass is 9.83. The Labute approximate surface area is 181 Å². The first-order valence-electron chi connectivity index (χ1n) is 13.8. The monoisotopic (exact) mass is 394 g/mol. The molecule has 2 atom stereocenters. The molecule has 0 saturated carbocycles. The van der Waals surface area contributed by atoms with Gasteiger partial charge >= 0.3 is 0 Å². The largest absolute Gasteiger partial charge is 0.0654 e. The maximum absolute atomic E-state index is 2.45. The first-order chi connectivity index (χ1) is 13.8. The summed E-state index contributed by atoms with van der Waals surface area (Å²) in [4.78, 5) is 0. The van der Waals surface area contributed by atoms with Crippen LogP contribution in [0.2, 0.25) is 0 Å². The third kappa shape index (κ3) is 19.3. The molecule has 0 heterocycles. The normalized spacial score (nSPS) is 13.7. The van der Waals surface area contributed by atoms with Crippen LogP contribution in [0.3, 0.4) is 0 Å². The Morgan fingerprint density at radius 1 is 0.357 bits per heavy atom. The Bertz CT molecular complexity index is 269. The molecule has 0 fully saturated rings. The van der Waals surface area contributed by atoms with Gasteiger partial charge < -0.3 is 0 Å². The standard InChI is InChI=1S/C28H58/c1-5-9-12-15-18-20-23-27(8-4)26-28(24-21-17-14-11-7-3)25-22-19-16-13-10-6-2/h27-28H,5-26H2,1-4H3. The minimum Gasteiger partial charge on any atom is -0.0654 e. The van der Waals surface area contributed by atoms with Gasteiger partial charge in [0.2, 0.25) is 0 Å². The summed E-state index contributed by atoms with van der Waals surface area (Å²) in [6.45, 7) is 9.42. The predicted molar refractivity (Wildman–Crippen MR) is 131 cm³/mol. The lowest BCUT2D eigenvalue weighted by molar-refractivity contribution is 0.293. The summed E-state index contributed by atoms with van der Waals surface area (Å²) in [5, 5.41) is 0. The summed E-state index contributed by atoms with van der Waals surface area (Å²) in [7, 11) is 0. The molecule has 0 nitrogen and oxygen atoms in total. The van der Waals surface area contributed by atoms with Crippen LogP contribution in [0.15, 0.2) is 0 Å². The van der Waals surface area contributed by atoms with E-state index in [-0.39, 0.29) is 0 Å². The van der Waals surface area contributed by atoms with Gasteiger partial charge in [0, 0.05) is 0 Å². The summed E-state index contributed by atoms with van der Waals surface area (Å²) in [6.07, 6.45) is 32.2. The van der Waals surface area contributed by atoms with Crippen LogP contribution in [-0.2, 0) is 0 Å². The van der Waals surface area contributed by atoms with Crippen LogP contribution in [0.4, 0.5) is 0 Å². The molecule has 0 amide bonds. The fourth-order valence-corrected chi connectivity index (χ4v) is 4.80. The molecule has 0 radical (unpaired) electrons. The Balaban J connectivity index is 4.12. The van der Waals surface area contributed by atoms with Gasteiger partial charge in [0.05, 0.1) is 0 Å². The first kappa shape index (κ1) is 28.0. The lowest BCUT2D eigenvalue weighted by Crippen LogP contribution is -2.09. The van der Waals surface area contributed by atoms with Crippen molar-refractivity contribution >= 4 is 0 Å². The molecule has 0 aliphatic carbocycles. The zero-order valence-corrected chi connectivity index (χ0v) is 20.7. The maximum Gasteiger partial charge on any atom is -0.0412 e. The molecule has 0 aromatic rings. The van der Waals surface area contributed by atoms with Crippen molar-refractivity contribution in [3.63, 3.8) is 0 Å². The Morgan fingerprint density at radius 3 is 1.04 bits per heavy atom. The molecule has 0 aliphatic heterocycles. The van der Waals surface area contributed by atoms with Crippen molar-refractivity contribution in [2.45, 2.75) is 169 Å². The Hall–Kier alpha value is 0. The molecule has 0 rings (SSSR count). The summed E-state index contributed by atoms with van der Waals surface area (Å²) >= 11 is 0. The average Bonchev–Trinajstić information content (AvgIpc) is 2.71. The van der Waals surface area contributed by atoms with Gasteiger partial charge in [0.25, 0.3) is 0 Å². The highest BCUT2D eigenvalue weighted by Gasteiger charge is 2.15. The van der Waals surface area contributed by atoms with Crippen molar-refractivity contribution in [1.82, 2.24) is 0 Å². The van der Waals surface area contributed by atoms with Gasteiger partial charge in [0.15, 0.2) is 0 Å². The van der Waals surface area contributed by atoms with Gasteiger partial charge in [-0.2, -0.15) is 0 Å². The van der Waals surface area contributed by atoms with Gasteiger partial charge in [-0.05, 0) is 18.3 Å². The molecule has 2 unspecified atom stereocenters. The van der Waals surface area contributed by atoms with Crippen LogP contribution < -0.4 is 0 Å². The minimum atomic E-state index is 1.01. The maximum atomic E-state index is 2.45. The van der Waals surface area contributed by atoms with E-state index < -0.39 is 0 Å². The second-order valence-electron chi connectivity index (χ2n) is 9.69. The van der Waals surface area contributed by atoms with E-state index in [2.05, 4.69) is 27.7 Å². The van der Waals surface area contributed by atoms with E-state index in [1.54, 1.807) is 0 Å². The van der Waals surface area contributed by atoms with Gasteiger partial charge in [-0.3, -0.25) is 0 Å². The van der Waals surface area contributed by atoms with E-state index in [1.165, 1.54) is 141 Å². The van der Waals surface area contributed by atoms with E-state index >= 15 is 0 Å². The topological polar surface area (TPSA) is 0 Å². The van der Waals surface area contributed by atoms with Crippen LogP contribution in [0.1, 0.15) is 169 Å². The van der Waals surface area contributed by atoms with E-state index in [4.69, 9.17) is 0 Å². The summed E-state index contributed by atoms with van der Waals surface area (Å²) in [6, 6.07) is 0. The molecular formula is C28H58. The van der Waals surface area contributed by atoms with Gasteiger partial charge in [-0.25, -0.2) is 0 Å². The Kier molecular flexibility index (Phi) is 23.3. The molecule has 0 bridgehead atoms. The summed E-state index contributed by atoms with van der Waals surface area (Å²) in [5.74, 6) is 2.03. The van der Waals surface area contributed by atoms with Crippen molar-refractivity contribution in [3.8, 4) is 0 Å². The fraction of sp³-hybridized carbons (Fsp3) is 1.00. The number of hydrogen-bond acceptors (Lipinski definition) is 0. The summed E-state index contributed by atoms with van der Waals surface area (Å²) in [5.41, 5.74) is 0. The lowest BCUT2D eigenvalue weighted by Gasteiger charge is -2.23. The van der Waals surface area contributed by atoms with Gasteiger partial charge in [-0.1, -0.05) is 163 Å². The molecule has 0 aromatic carbocycles. The van der Waals surface area contributed by atoms with Crippen molar-refractivity contribution in [3.05, 3.63) is 0 Å². The van der Waals surface area contributed by atoms with Gasteiger partial charge in [-0.15, -0.1) is 0 Å². The van der Waals surface area contributed by atoms with Crippen molar-refractivity contribution in [2.24, 2.45) is 11.8 Å². The molecular weight excluding hydrogens is 336 g/mol. The van der Waals surface area contributed by atoms with Crippen LogP contribution in [0.25, 0.3) is 0 Å². The SMILES string of the molecule is CCCCCCCCC(CC)CC(CCCCCCC)CCCCCCCC. The number of rotatable bonds is 23. The van der Waals surface area contributed by atoms with E-state index in [1.807, 2.05) is 0 Å². The van der Waals surface area contributed by atoms with Crippen LogP contribution in [0, 0.1) is 11.8 Å². The van der Waals surface area contributed by atoms with E-state index in [0.717, 1.165) is 11.8 Å². The van der Waals surface area contributed by atoms with Crippen LogP contribution in [-0.4, -0.2) is 0 Å². The predicted octanol–water partition coefficient (Wildman–Crippen LogP) is 10.9. The fourth-order valence-electron chi connectivity index (χ4n) is 4.80. The zero-order chi connectivity index (χ0) is 20.7. The number of hydrogen-bond donors (Lipinski definition) is 0. The second kappa shape index (κ2) is 23.3. The third-order valence-corrected chi connectivity index (χ3v) is 6.89. The molecule has 0 aliphatic rings. The zero-order valence-electron chi connectivity index (χ0n) is 20.7. The Morgan fingerprint density at radius 2 is 0.679 bits per heavy atom. The minimum absolute atomic E-state index is 1.01. The van der Waals surface area contributed by atoms with Crippen LogP contribution >= 0.6 is 0 Å². The van der Waals surface area contributed by atoms with E-state index in [0.29, 0.717) is 0 Å². The first-order valence-corrected chi connectivity index (χ1v) is 13.8. The highest BCUT2D eigenvalue weighted by Crippen LogP contribution is 2.29. The molecule has 170 valence electrons. The highest BCUT2D eigenvalue weighted by molar-refractivity contribution is 4.68. The van der Waals surface area contributed by atoms with Crippen molar-refractivity contribution in [1.29, 1.82) is 0 Å². The van der Waals surface area contributed by atoms with Crippen molar-refractivity contribution < 1.29 is 0 Å². The van der Waals surface area contributed by atoms with Gasteiger partial charge in [0.1, 0.15) is 0 Å². The van der Waals surface area contributed by atoms with Crippen LogP contribution in [0.5, 0.6) is 0 Å². The molecule has 0 spiro atoms. The average molecular weight is 395 g/mol. The molecule has 0 saturated heterocycles. The smallest absolute Gasteiger partial charge is 0.0412 e.